The van der Waals surface area contributed by atoms with Gasteiger partial charge in [-0.1, -0.05) is 413 Å². The Morgan fingerprint density at radius 3 is 0.611 bits per heavy atom. The SMILES string of the molecule is c1ccc(-c2ccc(-c3cc(-c4ccc(N(c5ccccc5)c5ccccc5)cc4)c4oc5ccccc5c4c3)cc2)cc1.c1ccc(-c2ccc(-c3cc(-c4ccc(N(c5ccccc5)c5ccccc5)cc4)c4sc5ccccc5c4c3)cc2)cc1.c1ccc(-c2ccc(-c3ccc(N(c4ccccc4)c4ccc(-c5cc(-c6ccc(-c7ccccc7)cc6)cc6c5sc5ccccc56)cc4)cc3)cc2)cc1. The summed E-state index contributed by atoms with van der Waals surface area (Å²) in [7, 11) is 0. The van der Waals surface area contributed by atoms with E-state index in [1.54, 1.807) is 0 Å². The summed E-state index contributed by atoms with van der Waals surface area (Å²) in [5, 5.41) is 7.48. The van der Waals surface area contributed by atoms with Crippen LogP contribution in [0.15, 0.2) is 581 Å². The first-order valence-corrected chi connectivity index (χ1v) is 50.6. The van der Waals surface area contributed by atoms with Crippen molar-refractivity contribution < 1.29 is 4.42 Å². The standard InChI is InChI=1S/C54H37NS.C42H29NO.C42H29NS/c1-4-12-38(13-5-1)40-20-22-42(23-21-40)43-28-32-48(33-29-43)55(47-16-8-3-9-17-47)49-34-30-45(31-35-49)51-36-46(37-52-50-18-10-11-19-53(50)56-54(51)52)44-26-24-41(25-27-44)39-14-6-2-7-15-39;2*1-4-12-30(13-5-1)31-20-22-32(23-21-31)34-28-39(42-40(29-34)38-18-10-11-19-41(38)44-42)33-24-26-37(27-25-33)43(35-14-6-2-7-15-35)36-16-8-3-9-17-36/h1-37H;2*1-29H. The Bertz CT molecular complexity index is 8520. The van der Waals surface area contributed by atoms with Crippen molar-refractivity contribution in [2.24, 2.45) is 0 Å². The molecule has 0 aliphatic rings. The van der Waals surface area contributed by atoms with E-state index in [2.05, 4.69) is 579 Å². The van der Waals surface area contributed by atoms with Gasteiger partial charge in [-0.05, 0) is 269 Å². The van der Waals surface area contributed by atoms with E-state index in [1.165, 1.54) is 146 Å². The quantitative estimate of drug-likeness (QED) is 0.0759. The molecule has 23 aromatic carbocycles. The van der Waals surface area contributed by atoms with Gasteiger partial charge in [0.1, 0.15) is 11.2 Å². The summed E-state index contributed by atoms with van der Waals surface area (Å²) in [5.74, 6) is 0. The van der Waals surface area contributed by atoms with Crippen LogP contribution in [-0.4, -0.2) is 0 Å². The van der Waals surface area contributed by atoms with Crippen molar-refractivity contribution in [2.75, 3.05) is 14.7 Å². The first-order chi connectivity index (χ1) is 71.4. The fourth-order valence-electron chi connectivity index (χ4n) is 20.0. The average molecular weight is 1880 g/mol. The van der Waals surface area contributed by atoms with Gasteiger partial charge in [0.2, 0.25) is 0 Å². The number of hydrogen-bond donors (Lipinski definition) is 0. The summed E-state index contributed by atoms with van der Waals surface area (Å²) in [6, 6.07) is 206. The molecule has 0 bridgehead atoms. The second kappa shape index (κ2) is 40.3. The van der Waals surface area contributed by atoms with Crippen LogP contribution in [0.25, 0.3) is 185 Å². The highest BCUT2D eigenvalue weighted by Gasteiger charge is 2.23. The molecule has 4 nitrogen and oxygen atoms in total. The van der Waals surface area contributed by atoms with Gasteiger partial charge in [0.05, 0.1) is 0 Å². The summed E-state index contributed by atoms with van der Waals surface area (Å²) in [6.07, 6.45) is 0. The Morgan fingerprint density at radius 1 is 0.132 bits per heavy atom. The Balaban J connectivity index is 0.000000117. The molecule has 0 N–H and O–H groups in total. The number of thiophene rings is 2. The van der Waals surface area contributed by atoms with E-state index in [-0.39, 0.29) is 0 Å². The van der Waals surface area contributed by atoms with Crippen LogP contribution < -0.4 is 14.7 Å². The van der Waals surface area contributed by atoms with Crippen molar-refractivity contribution >= 4 is 136 Å². The lowest BCUT2D eigenvalue weighted by molar-refractivity contribution is 0.670. The Labute approximate surface area is 847 Å². The summed E-state index contributed by atoms with van der Waals surface area (Å²) in [5.41, 5.74) is 38.5. The third-order valence-corrected chi connectivity index (χ3v) is 29.7. The molecule has 26 aromatic rings. The van der Waals surface area contributed by atoms with Gasteiger partial charge in [-0.25, -0.2) is 0 Å². The van der Waals surface area contributed by atoms with Crippen LogP contribution in [0.1, 0.15) is 0 Å². The lowest BCUT2D eigenvalue weighted by Gasteiger charge is -2.26. The van der Waals surface area contributed by atoms with Crippen LogP contribution in [0.4, 0.5) is 51.2 Å². The van der Waals surface area contributed by atoms with Gasteiger partial charge >= 0.3 is 0 Å². The average Bonchev–Trinajstić information content (AvgIpc) is 1.60. The number of hydrogen-bond acceptors (Lipinski definition) is 6. The second-order valence-electron chi connectivity index (χ2n) is 36.1. The van der Waals surface area contributed by atoms with Crippen LogP contribution in [0.5, 0.6) is 0 Å². The third kappa shape index (κ3) is 18.3. The highest BCUT2D eigenvalue weighted by Crippen LogP contribution is 2.50. The summed E-state index contributed by atoms with van der Waals surface area (Å²) in [4.78, 5) is 6.93. The van der Waals surface area contributed by atoms with Gasteiger partial charge < -0.3 is 19.1 Å². The smallest absolute Gasteiger partial charge is 0.143 e. The molecule has 680 valence electrons. The van der Waals surface area contributed by atoms with Crippen LogP contribution in [-0.2, 0) is 0 Å². The predicted octanol–water partition coefficient (Wildman–Crippen LogP) is 40.4. The molecule has 144 heavy (non-hydrogen) atoms. The van der Waals surface area contributed by atoms with E-state index >= 15 is 0 Å². The molecular weight excluding hydrogens is 1780 g/mol. The minimum Gasteiger partial charge on any atom is -0.455 e. The normalized spacial score (nSPS) is 11.2. The van der Waals surface area contributed by atoms with E-state index in [1.807, 2.05) is 34.8 Å². The molecule has 0 unspecified atom stereocenters. The molecule has 0 saturated carbocycles. The minimum atomic E-state index is 0.899. The number of nitrogens with zero attached hydrogens (tertiary/aromatic N) is 3. The van der Waals surface area contributed by atoms with E-state index in [9.17, 15) is 0 Å². The predicted molar refractivity (Wildman–Crippen MR) is 616 cm³/mol. The summed E-state index contributed by atoms with van der Waals surface area (Å²) < 4.78 is 11.8. The summed E-state index contributed by atoms with van der Waals surface area (Å²) in [6.45, 7) is 0. The number of furan rings is 1. The maximum atomic E-state index is 6.51. The number of fused-ring (bicyclic) bond motifs is 9. The van der Waals surface area contributed by atoms with Gasteiger partial charge in [0.25, 0.3) is 0 Å². The van der Waals surface area contributed by atoms with E-state index in [0.717, 1.165) is 89.8 Å². The molecule has 26 rings (SSSR count). The van der Waals surface area contributed by atoms with Crippen molar-refractivity contribution in [3.63, 3.8) is 0 Å². The molecule has 0 fully saturated rings. The maximum absolute atomic E-state index is 6.51. The number of para-hydroxylation sites is 6. The first kappa shape index (κ1) is 88.4. The molecule has 6 heteroatoms. The van der Waals surface area contributed by atoms with Crippen molar-refractivity contribution in [3.05, 3.63) is 576 Å². The molecule has 0 amide bonds. The van der Waals surface area contributed by atoms with Crippen LogP contribution in [0, 0.1) is 0 Å². The molecule has 0 spiro atoms. The zero-order valence-corrected chi connectivity index (χ0v) is 80.5. The van der Waals surface area contributed by atoms with Gasteiger partial charge in [-0.15, -0.1) is 22.7 Å². The summed E-state index contributed by atoms with van der Waals surface area (Å²) >= 11 is 3.76. The molecule has 0 atom stereocenters. The highest BCUT2D eigenvalue weighted by atomic mass is 32.1. The van der Waals surface area contributed by atoms with Crippen molar-refractivity contribution in [2.45, 2.75) is 0 Å². The number of benzene rings is 23. The Morgan fingerprint density at radius 2 is 0.326 bits per heavy atom. The molecule has 0 aliphatic carbocycles. The van der Waals surface area contributed by atoms with Crippen LogP contribution in [0.3, 0.4) is 0 Å². The van der Waals surface area contributed by atoms with Crippen LogP contribution >= 0.6 is 22.7 Å². The third-order valence-electron chi connectivity index (χ3n) is 27.2. The van der Waals surface area contributed by atoms with E-state index in [4.69, 9.17) is 4.42 Å². The fraction of sp³-hybridized carbons (Fsp3) is 0. The monoisotopic (exact) mass is 1870 g/mol. The van der Waals surface area contributed by atoms with Crippen LogP contribution in [0.2, 0.25) is 0 Å². The number of anilines is 9. The van der Waals surface area contributed by atoms with E-state index < -0.39 is 0 Å². The van der Waals surface area contributed by atoms with Gasteiger partial charge in [-0.3, -0.25) is 0 Å². The molecule has 0 radical (unpaired) electrons. The van der Waals surface area contributed by atoms with Crippen molar-refractivity contribution in [1.82, 2.24) is 0 Å². The lowest BCUT2D eigenvalue weighted by atomic mass is 9.94. The largest absolute Gasteiger partial charge is 0.455 e. The van der Waals surface area contributed by atoms with Crippen molar-refractivity contribution in [3.8, 4) is 122 Å². The van der Waals surface area contributed by atoms with Gasteiger partial charge in [0, 0.05) is 119 Å². The molecule has 0 aliphatic heterocycles. The lowest BCUT2D eigenvalue weighted by Crippen LogP contribution is -2.09. The van der Waals surface area contributed by atoms with Gasteiger partial charge in [-0.2, -0.15) is 0 Å². The fourth-order valence-corrected chi connectivity index (χ4v) is 22.4. The van der Waals surface area contributed by atoms with Gasteiger partial charge in [0.15, 0.2) is 0 Å². The number of rotatable bonds is 20. The Kier molecular flexibility index (Phi) is 24.7. The highest BCUT2D eigenvalue weighted by molar-refractivity contribution is 7.26. The molecule has 0 saturated heterocycles. The first-order valence-electron chi connectivity index (χ1n) is 49.0. The molecule has 3 heterocycles. The van der Waals surface area contributed by atoms with E-state index in [0.29, 0.717) is 0 Å². The maximum Gasteiger partial charge on any atom is 0.143 e. The minimum absolute atomic E-state index is 0.899. The topological polar surface area (TPSA) is 22.9 Å². The zero-order valence-electron chi connectivity index (χ0n) is 78.9. The molecular formula is C138H95N3OS2. The zero-order chi connectivity index (χ0) is 95.9. The second-order valence-corrected chi connectivity index (χ2v) is 38.2. The molecule has 3 aromatic heterocycles. The Hall–Kier alpha value is -18.3. The van der Waals surface area contributed by atoms with Crippen molar-refractivity contribution in [1.29, 1.82) is 0 Å².